The first-order chi connectivity index (χ1) is 12.9. The molecule has 0 unspecified atom stereocenters. The summed E-state index contributed by atoms with van der Waals surface area (Å²) in [4.78, 5) is 9.04. The van der Waals surface area contributed by atoms with E-state index in [4.69, 9.17) is 4.99 Å². The molecule has 0 heterocycles. The Morgan fingerprint density at radius 3 is 2.52 bits per heavy atom. The van der Waals surface area contributed by atoms with Crippen LogP contribution in [0.3, 0.4) is 0 Å². The first-order valence-electron chi connectivity index (χ1n) is 8.90. The van der Waals surface area contributed by atoms with E-state index in [9.17, 15) is 4.39 Å². The molecular formula is C23H26FN3. The van der Waals surface area contributed by atoms with E-state index in [1.807, 2.05) is 58.9 Å². The molecule has 4 heteroatoms. The highest BCUT2D eigenvalue weighted by molar-refractivity contribution is 5.87. The van der Waals surface area contributed by atoms with Crippen LogP contribution in [0, 0.1) is 19.7 Å². The smallest absolute Gasteiger partial charge is 0.123 e. The molecule has 0 fully saturated rings. The van der Waals surface area contributed by atoms with Gasteiger partial charge in [-0.25, -0.2) is 9.38 Å². The summed E-state index contributed by atoms with van der Waals surface area (Å²) in [5.41, 5.74) is 6.20. The minimum Gasteiger partial charge on any atom is -0.343 e. The third-order valence-corrected chi connectivity index (χ3v) is 4.23. The van der Waals surface area contributed by atoms with Crippen LogP contribution in [0.5, 0.6) is 0 Å². The first-order valence-corrected chi connectivity index (χ1v) is 8.90. The van der Waals surface area contributed by atoms with Crippen molar-refractivity contribution < 1.29 is 4.39 Å². The van der Waals surface area contributed by atoms with Crippen molar-refractivity contribution >= 4 is 17.7 Å². The highest BCUT2D eigenvalue weighted by Gasteiger charge is 2.10. The van der Waals surface area contributed by atoms with E-state index in [0.717, 1.165) is 33.6 Å². The van der Waals surface area contributed by atoms with Gasteiger partial charge >= 0.3 is 0 Å². The monoisotopic (exact) mass is 363 g/mol. The van der Waals surface area contributed by atoms with Gasteiger partial charge in [-0.1, -0.05) is 36.9 Å². The fourth-order valence-corrected chi connectivity index (χ4v) is 2.92. The third-order valence-electron chi connectivity index (χ3n) is 4.23. The van der Waals surface area contributed by atoms with Crippen LogP contribution in [-0.4, -0.2) is 12.1 Å². The number of aliphatic imine (C=N–C) groups is 2. The van der Waals surface area contributed by atoms with E-state index in [0.29, 0.717) is 11.5 Å². The fourth-order valence-electron chi connectivity index (χ4n) is 2.92. The largest absolute Gasteiger partial charge is 0.343 e. The standard InChI is InChI=1S/C23H26FN3/c1-7-22(25-8-2)17(5)26-18(6)27-23-15(3)12-13-21(16(23)4)19-10-9-11-20(24)14-19/h7-14H,5H2,1-4,6H3,(H,26,27)/b22-7-,25-8?. The highest BCUT2D eigenvalue weighted by Crippen LogP contribution is 2.33. The summed E-state index contributed by atoms with van der Waals surface area (Å²) in [6.07, 6.45) is 3.62. The summed E-state index contributed by atoms with van der Waals surface area (Å²) in [7, 11) is 0. The van der Waals surface area contributed by atoms with E-state index < -0.39 is 0 Å². The quantitative estimate of drug-likeness (QED) is 0.380. The van der Waals surface area contributed by atoms with E-state index in [1.54, 1.807) is 18.3 Å². The zero-order valence-electron chi connectivity index (χ0n) is 16.6. The molecule has 2 rings (SSSR count). The van der Waals surface area contributed by atoms with Crippen LogP contribution in [0.1, 0.15) is 31.9 Å². The molecule has 3 nitrogen and oxygen atoms in total. The molecular weight excluding hydrogens is 337 g/mol. The van der Waals surface area contributed by atoms with Crippen molar-refractivity contribution in [2.24, 2.45) is 9.98 Å². The van der Waals surface area contributed by atoms with Gasteiger partial charge in [0, 0.05) is 6.21 Å². The molecule has 140 valence electrons. The van der Waals surface area contributed by atoms with Crippen molar-refractivity contribution in [3.8, 4) is 11.1 Å². The van der Waals surface area contributed by atoms with Gasteiger partial charge in [0.15, 0.2) is 0 Å². The molecule has 2 aromatic carbocycles. The van der Waals surface area contributed by atoms with Crippen molar-refractivity contribution in [3.05, 3.63) is 77.4 Å². The molecule has 0 atom stereocenters. The Kier molecular flexibility index (Phi) is 6.83. The molecule has 0 radical (unpaired) electrons. The van der Waals surface area contributed by atoms with Gasteiger partial charge < -0.3 is 5.32 Å². The lowest BCUT2D eigenvalue weighted by molar-refractivity contribution is 0.628. The number of hydrogen-bond acceptors (Lipinski definition) is 2. The summed E-state index contributed by atoms with van der Waals surface area (Å²) < 4.78 is 13.6. The summed E-state index contributed by atoms with van der Waals surface area (Å²) in [6.45, 7) is 13.7. The number of hydrogen-bond donors (Lipinski definition) is 1. The lowest BCUT2D eigenvalue weighted by Gasteiger charge is -2.14. The Hall–Kier alpha value is -3.01. The number of amidine groups is 1. The summed E-state index contributed by atoms with van der Waals surface area (Å²) in [5.74, 6) is 0.468. The Morgan fingerprint density at radius 1 is 1.15 bits per heavy atom. The van der Waals surface area contributed by atoms with Crippen molar-refractivity contribution in [2.45, 2.75) is 34.6 Å². The van der Waals surface area contributed by atoms with Gasteiger partial charge in [0.2, 0.25) is 0 Å². The Bertz CT molecular complexity index is 937. The Balaban J connectivity index is 2.39. The van der Waals surface area contributed by atoms with Crippen molar-refractivity contribution in [3.63, 3.8) is 0 Å². The van der Waals surface area contributed by atoms with Crippen LogP contribution >= 0.6 is 0 Å². The van der Waals surface area contributed by atoms with Crippen LogP contribution in [0.2, 0.25) is 0 Å². The Labute approximate surface area is 161 Å². The van der Waals surface area contributed by atoms with Crippen molar-refractivity contribution in [1.29, 1.82) is 0 Å². The predicted molar refractivity (Wildman–Crippen MR) is 114 cm³/mol. The van der Waals surface area contributed by atoms with Gasteiger partial charge in [-0.3, -0.25) is 4.99 Å². The molecule has 0 aliphatic rings. The van der Waals surface area contributed by atoms with Crippen LogP contribution < -0.4 is 5.32 Å². The lowest BCUT2D eigenvalue weighted by Crippen LogP contribution is -2.19. The number of aryl methyl sites for hydroxylation is 1. The molecule has 0 saturated heterocycles. The molecule has 0 bridgehead atoms. The average molecular weight is 363 g/mol. The van der Waals surface area contributed by atoms with Gasteiger partial charge in [-0.05, 0) is 69.0 Å². The average Bonchev–Trinajstić information content (AvgIpc) is 2.63. The van der Waals surface area contributed by atoms with Gasteiger partial charge in [0.05, 0.1) is 17.1 Å². The fraction of sp³-hybridized carbons (Fsp3) is 0.217. The summed E-state index contributed by atoms with van der Waals surface area (Å²) in [5, 5.41) is 3.20. The topological polar surface area (TPSA) is 36.8 Å². The second-order valence-electron chi connectivity index (χ2n) is 6.28. The van der Waals surface area contributed by atoms with E-state index in [1.165, 1.54) is 6.07 Å². The van der Waals surface area contributed by atoms with Crippen LogP contribution in [-0.2, 0) is 0 Å². The Morgan fingerprint density at radius 2 is 1.89 bits per heavy atom. The van der Waals surface area contributed by atoms with Crippen molar-refractivity contribution in [1.82, 2.24) is 5.32 Å². The van der Waals surface area contributed by atoms with Crippen LogP contribution in [0.25, 0.3) is 11.1 Å². The molecule has 0 spiro atoms. The van der Waals surface area contributed by atoms with Gasteiger partial charge in [0.1, 0.15) is 11.7 Å². The maximum atomic E-state index is 13.6. The zero-order chi connectivity index (χ0) is 20.0. The zero-order valence-corrected chi connectivity index (χ0v) is 16.6. The van der Waals surface area contributed by atoms with E-state index in [2.05, 4.69) is 16.9 Å². The lowest BCUT2D eigenvalue weighted by atomic mass is 9.97. The normalized spacial score (nSPS) is 12.5. The number of nitrogens with zero attached hydrogens (tertiary/aromatic N) is 2. The summed E-state index contributed by atoms with van der Waals surface area (Å²) >= 11 is 0. The van der Waals surface area contributed by atoms with Gasteiger partial charge in [-0.15, -0.1) is 0 Å². The number of halogens is 1. The molecule has 0 saturated carbocycles. The summed E-state index contributed by atoms with van der Waals surface area (Å²) in [6, 6.07) is 10.6. The number of rotatable bonds is 5. The molecule has 0 aliphatic carbocycles. The third kappa shape index (κ3) is 5.00. The minimum atomic E-state index is -0.248. The molecule has 0 aliphatic heterocycles. The maximum absolute atomic E-state index is 13.6. The van der Waals surface area contributed by atoms with Crippen LogP contribution in [0.4, 0.5) is 10.1 Å². The molecule has 0 amide bonds. The maximum Gasteiger partial charge on any atom is 0.123 e. The van der Waals surface area contributed by atoms with Gasteiger partial charge in [0.25, 0.3) is 0 Å². The minimum absolute atomic E-state index is 0.248. The predicted octanol–water partition coefficient (Wildman–Crippen LogP) is 6.26. The molecule has 0 aromatic heterocycles. The first kappa shape index (κ1) is 20.3. The van der Waals surface area contributed by atoms with Gasteiger partial charge in [-0.2, -0.15) is 0 Å². The number of nitrogens with one attached hydrogen (secondary N) is 1. The number of benzene rings is 2. The second-order valence-corrected chi connectivity index (χ2v) is 6.28. The van der Waals surface area contributed by atoms with Crippen molar-refractivity contribution in [2.75, 3.05) is 0 Å². The number of allylic oxidation sites excluding steroid dienone is 1. The second kappa shape index (κ2) is 9.08. The SMILES string of the molecule is C=C(NC(C)=Nc1c(C)ccc(-c2cccc(F)c2)c1C)/C(=C/C)N=CC. The molecule has 2 aromatic rings. The van der Waals surface area contributed by atoms with E-state index >= 15 is 0 Å². The van der Waals surface area contributed by atoms with Crippen LogP contribution in [0.15, 0.2) is 70.4 Å². The molecule has 27 heavy (non-hydrogen) atoms. The highest BCUT2D eigenvalue weighted by atomic mass is 19.1. The molecule has 1 N–H and O–H groups in total. The van der Waals surface area contributed by atoms with E-state index in [-0.39, 0.29) is 5.82 Å².